The fraction of sp³-hybridized carbons (Fsp3) is 0.667. The maximum absolute atomic E-state index is 5.48. The highest BCUT2D eigenvalue weighted by molar-refractivity contribution is 5.24. The molecule has 1 aromatic rings. The van der Waals surface area contributed by atoms with Crippen LogP contribution in [0.2, 0.25) is 0 Å². The number of rotatable bonds is 3. The van der Waals surface area contributed by atoms with Gasteiger partial charge in [0.25, 0.3) is 0 Å². The Balaban J connectivity index is 2.85. The minimum atomic E-state index is 0.459. The number of aromatic nitrogens is 1. The van der Waals surface area contributed by atoms with Gasteiger partial charge in [-0.05, 0) is 32.7 Å². The molecule has 2 N–H and O–H groups in total. The van der Waals surface area contributed by atoms with Gasteiger partial charge in [0, 0.05) is 5.56 Å². The number of aryl methyl sites for hydroxylation is 2. The highest BCUT2D eigenvalue weighted by Gasteiger charge is 2.14. The van der Waals surface area contributed by atoms with Crippen LogP contribution in [-0.4, -0.2) is 11.7 Å². The fourth-order valence-corrected chi connectivity index (χ4v) is 1.59. The number of nitrogens with zero attached hydrogens (tertiary/aromatic N) is 1. The third kappa shape index (κ3) is 1.67. The molecule has 1 rings (SSSR count). The van der Waals surface area contributed by atoms with E-state index in [4.69, 9.17) is 10.3 Å². The third-order valence-electron chi connectivity index (χ3n) is 2.18. The maximum atomic E-state index is 5.48. The Kier molecular flexibility index (Phi) is 2.87. The fourth-order valence-electron chi connectivity index (χ4n) is 1.59. The largest absolute Gasteiger partial charge is 0.361 e. The van der Waals surface area contributed by atoms with Gasteiger partial charge in [-0.15, -0.1) is 0 Å². The SMILES string of the molecule is Cc1noc(C)c1C(C)CCN. The quantitative estimate of drug-likeness (QED) is 0.748. The van der Waals surface area contributed by atoms with E-state index in [0.29, 0.717) is 12.5 Å². The van der Waals surface area contributed by atoms with Crippen LogP contribution in [0, 0.1) is 13.8 Å². The summed E-state index contributed by atoms with van der Waals surface area (Å²) in [5, 5.41) is 3.90. The van der Waals surface area contributed by atoms with Crippen molar-refractivity contribution in [1.82, 2.24) is 5.16 Å². The number of nitrogens with two attached hydrogens (primary N) is 1. The molecule has 0 saturated heterocycles. The van der Waals surface area contributed by atoms with Crippen molar-refractivity contribution in [3.8, 4) is 0 Å². The van der Waals surface area contributed by atoms with Crippen LogP contribution >= 0.6 is 0 Å². The van der Waals surface area contributed by atoms with Gasteiger partial charge in [-0.2, -0.15) is 0 Å². The predicted molar refractivity (Wildman–Crippen MR) is 48.1 cm³/mol. The van der Waals surface area contributed by atoms with Gasteiger partial charge in [0.2, 0.25) is 0 Å². The molecule has 68 valence electrons. The topological polar surface area (TPSA) is 52.0 Å². The molecule has 0 spiro atoms. The van der Waals surface area contributed by atoms with Crippen molar-refractivity contribution in [2.45, 2.75) is 33.1 Å². The molecule has 1 aromatic heterocycles. The molecule has 0 amide bonds. The molecule has 0 aliphatic carbocycles. The summed E-state index contributed by atoms with van der Waals surface area (Å²) < 4.78 is 5.07. The lowest BCUT2D eigenvalue weighted by Gasteiger charge is -2.08. The van der Waals surface area contributed by atoms with Crippen LogP contribution in [-0.2, 0) is 0 Å². The second-order valence-electron chi connectivity index (χ2n) is 3.22. The lowest BCUT2D eigenvalue weighted by Crippen LogP contribution is -2.05. The second kappa shape index (κ2) is 3.72. The molecule has 1 heterocycles. The van der Waals surface area contributed by atoms with Crippen molar-refractivity contribution in [3.05, 3.63) is 17.0 Å². The average Bonchev–Trinajstić information content (AvgIpc) is 2.32. The Morgan fingerprint density at radius 3 is 2.58 bits per heavy atom. The second-order valence-corrected chi connectivity index (χ2v) is 3.22. The normalized spacial score (nSPS) is 13.3. The Labute approximate surface area is 72.9 Å². The zero-order chi connectivity index (χ0) is 9.14. The lowest BCUT2D eigenvalue weighted by molar-refractivity contribution is 0.391. The number of hydrogen-bond donors (Lipinski definition) is 1. The highest BCUT2D eigenvalue weighted by Crippen LogP contribution is 2.24. The van der Waals surface area contributed by atoms with Gasteiger partial charge < -0.3 is 10.3 Å². The molecular formula is C9H16N2O. The van der Waals surface area contributed by atoms with E-state index >= 15 is 0 Å². The van der Waals surface area contributed by atoms with Gasteiger partial charge >= 0.3 is 0 Å². The molecule has 3 nitrogen and oxygen atoms in total. The summed E-state index contributed by atoms with van der Waals surface area (Å²) in [6, 6.07) is 0. The summed E-state index contributed by atoms with van der Waals surface area (Å²) in [4.78, 5) is 0. The summed E-state index contributed by atoms with van der Waals surface area (Å²) in [6.45, 7) is 6.78. The van der Waals surface area contributed by atoms with Crippen molar-refractivity contribution in [2.24, 2.45) is 5.73 Å². The van der Waals surface area contributed by atoms with Crippen LogP contribution in [0.15, 0.2) is 4.52 Å². The molecule has 0 aliphatic heterocycles. The first-order chi connectivity index (χ1) is 5.66. The first-order valence-electron chi connectivity index (χ1n) is 4.29. The van der Waals surface area contributed by atoms with Gasteiger partial charge in [-0.25, -0.2) is 0 Å². The van der Waals surface area contributed by atoms with Gasteiger partial charge in [0.05, 0.1) is 5.69 Å². The van der Waals surface area contributed by atoms with E-state index in [-0.39, 0.29) is 0 Å². The van der Waals surface area contributed by atoms with Crippen molar-refractivity contribution in [2.75, 3.05) is 6.54 Å². The van der Waals surface area contributed by atoms with Crippen LogP contribution in [0.5, 0.6) is 0 Å². The standard InChI is InChI=1S/C9H16N2O/c1-6(4-5-10)9-7(2)11-12-8(9)3/h6H,4-5,10H2,1-3H3. The summed E-state index contributed by atoms with van der Waals surface area (Å²) in [5.41, 5.74) is 7.70. The Morgan fingerprint density at radius 2 is 2.17 bits per heavy atom. The summed E-state index contributed by atoms with van der Waals surface area (Å²) in [6.07, 6.45) is 0.989. The molecule has 0 saturated carbocycles. The van der Waals surface area contributed by atoms with Crippen molar-refractivity contribution >= 4 is 0 Å². The van der Waals surface area contributed by atoms with E-state index in [1.54, 1.807) is 0 Å². The zero-order valence-corrected chi connectivity index (χ0v) is 7.92. The van der Waals surface area contributed by atoms with E-state index in [2.05, 4.69) is 12.1 Å². The molecular weight excluding hydrogens is 152 g/mol. The molecule has 0 fully saturated rings. The van der Waals surface area contributed by atoms with Crippen molar-refractivity contribution in [3.63, 3.8) is 0 Å². The molecule has 1 unspecified atom stereocenters. The Morgan fingerprint density at radius 1 is 1.50 bits per heavy atom. The van der Waals surface area contributed by atoms with E-state index in [9.17, 15) is 0 Å². The molecule has 12 heavy (non-hydrogen) atoms. The van der Waals surface area contributed by atoms with Crippen LogP contribution in [0.25, 0.3) is 0 Å². The summed E-state index contributed by atoms with van der Waals surface area (Å²) in [7, 11) is 0. The highest BCUT2D eigenvalue weighted by atomic mass is 16.5. The van der Waals surface area contributed by atoms with Crippen molar-refractivity contribution in [1.29, 1.82) is 0 Å². The van der Waals surface area contributed by atoms with E-state index < -0.39 is 0 Å². The summed E-state index contributed by atoms with van der Waals surface area (Å²) >= 11 is 0. The predicted octanol–water partition coefficient (Wildman–Crippen LogP) is 1.74. The van der Waals surface area contributed by atoms with Crippen LogP contribution in [0.1, 0.15) is 36.3 Å². The van der Waals surface area contributed by atoms with Gasteiger partial charge in [-0.3, -0.25) is 0 Å². The van der Waals surface area contributed by atoms with Gasteiger partial charge in [0.1, 0.15) is 5.76 Å². The van der Waals surface area contributed by atoms with Crippen LogP contribution < -0.4 is 5.73 Å². The molecule has 0 aliphatic rings. The minimum Gasteiger partial charge on any atom is -0.361 e. The van der Waals surface area contributed by atoms with Crippen molar-refractivity contribution < 1.29 is 4.52 Å². The van der Waals surface area contributed by atoms with Crippen LogP contribution in [0.4, 0.5) is 0 Å². The first kappa shape index (κ1) is 9.26. The smallest absolute Gasteiger partial charge is 0.137 e. The molecule has 3 heteroatoms. The zero-order valence-electron chi connectivity index (χ0n) is 7.92. The maximum Gasteiger partial charge on any atom is 0.137 e. The van der Waals surface area contributed by atoms with Gasteiger partial charge in [-0.1, -0.05) is 12.1 Å². The summed E-state index contributed by atoms with van der Waals surface area (Å²) in [5.74, 6) is 1.38. The first-order valence-corrected chi connectivity index (χ1v) is 4.29. The number of hydrogen-bond acceptors (Lipinski definition) is 3. The van der Waals surface area contributed by atoms with E-state index in [1.807, 2.05) is 13.8 Å². The van der Waals surface area contributed by atoms with E-state index in [1.165, 1.54) is 5.56 Å². The van der Waals surface area contributed by atoms with Crippen LogP contribution in [0.3, 0.4) is 0 Å². The Bertz CT molecular complexity index is 236. The third-order valence-corrected chi connectivity index (χ3v) is 2.18. The average molecular weight is 168 g/mol. The Hall–Kier alpha value is -0.830. The lowest BCUT2D eigenvalue weighted by atomic mass is 9.96. The molecule has 0 aromatic carbocycles. The molecule has 1 atom stereocenters. The molecule has 0 bridgehead atoms. The minimum absolute atomic E-state index is 0.459. The van der Waals surface area contributed by atoms with Gasteiger partial charge in [0.15, 0.2) is 0 Å². The molecule has 0 radical (unpaired) electrons. The van der Waals surface area contributed by atoms with E-state index in [0.717, 1.165) is 17.9 Å². The monoisotopic (exact) mass is 168 g/mol.